The maximum atomic E-state index is 5.54. The van der Waals surface area contributed by atoms with Gasteiger partial charge in [-0.2, -0.15) is 0 Å². The lowest BCUT2D eigenvalue weighted by atomic mass is 10.1. The molecule has 0 aromatic heterocycles. The van der Waals surface area contributed by atoms with Gasteiger partial charge in [-0.3, -0.25) is 0 Å². The van der Waals surface area contributed by atoms with Crippen molar-refractivity contribution in [2.24, 2.45) is 5.73 Å². The maximum Gasteiger partial charge on any atom is 0.0727 e. The predicted molar refractivity (Wildman–Crippen MR) is 62.0 cm³/mol. The number of nitrogens with two attached hydrogens (primary N) is 1. The molecule has 0 saturated carbocycles. The van der Waals surface area contributed by atoms with Gasteiger partial charge in [0.25, 0.3) is 0 Å². The first kappa shape index (κ1) is 11.7. The molecule has 0 spiro atoms. The van der Waals surface area contributed by atoms with Crippen LogP contribution in [0, 0.1) is 0 Å². The first-order chi connectivity index (χ1) is 6.77. The molecule has 0 radical (unpaired) electrons. The zero-order valence-corrected chi connectivity index (χ0v) is 10.0. The van der Waals surface area contributed by atoms with Gasteiger partial charge in [0.2, 0.25) is 0 Å². The van der Waals surface area contributed by atoms with E-state index in [1.807, 2.05) is 12.1 Å². The van der Waals surface area contributed by atoms with Crippen LogP contribution in [-0.4, -0.2) is 6.61 Å². The second-order valence-electron chi connectivity index (χ2n) is 3.18. The Morgan fingerprint density at radius 1 is 1.43 bits per heavy atom. The Labute approximate surface area is 93.6 Å². The molecule has 2 nitrogen and oxygen atoms in total. The molecule has 78 valence electrons. The van der Waals surface area contributed by atoms with E-state index >= 15 is 0 Å². The second-order valence-corrected chi connectivity index (χ2v) is 4.04. The molecule has 0 aliphatic heterocycles. The molecule has 1 aromatic carbocycles. The van der Waals surface area contributed by atoms with Gasteiger partial charge in [0.05, 0.1) is 6.61 Å². The highest BCUT2D eigenvalue weighted by Crippen LogP contribution is 2.19. The average molecular weight is 258 g/mol. The Morgan fingerprint density at radius 3 is 2.79 bits per heavy atom. The molecule has 1 aromatic rings. The number of hydrogen-bond donors (Lipinski definition) is 1. The van der Waals surface area contributed by atoms with E-state index in [1.165, 1.54) is 5.56 Å². The topological polar surface area (TPSA) is 35.2 Å². The van der Waals surface area contributed by atoms with E-state index in [9.17, 15) is 0 Å². The van der Waals surface area contributed by atoms with Crippen LogP contribution in [0.3, 0.4) is 0 Å². The van der Waals surface area contributed by atoms with E-state index in [0.29, 0.717) is 13.2 Å². The third-order valence-corrected chi connectivity index (χ3v) is 2.70. The molecule has 0 saturated heterocycles. The third-order valence-electron chi connectivity index (χ3n) is 1.96. The Morgan fingerprint density at radius 2 is 2.21 bits per heavy atom. The lowest BCUT2D eigenvalue weighted by Crippen LogP contribution is -1.99. The maximum absolute atomic E-state index is 5.54. The van der Waals surface area contributed by atoms with Crippen molar-refractivity contribution in [3.05, 3.63) is 33.8 Å². The molecule has 14 heavy (non-hydrogen) atoms. The highest BCUT2D eigenvalue weighted by molar-refractivity contribution is 9.10. The summed E-state index contributed by atoms with van der Waals surface area (Å²) in [7, 11) is 0. The SMILES string of the molecule is CCCOCc1ccc(CN)cc1Br. The molecule has 0 unspecified atom stereocenters. The summed E-state index contributed by atoms with van der Waals surface area (Å²) >= 11 is 3.50. The van der Waals surface area contributed by atoms with Gasteiger partial charge in [-0.25, -0.2) is 0 Å². The molecule has 0 atom stereocenters. The van der Waals surface area contributed by atoms with Gasteiger partial charge in [0, 0.05) is 17.6 Å². The van der Waals surface area contributed by atoms with Crippen LogP contribution in [0.5, 0.6) is 0 Å². The van der Waals surface area contributed by atoms with E-state index in [4.69, 9.17) is 10.5 Å². The van der Waals surface area contributed by atoms with Gasteiger partial charge in [-0.15, -0.1) is 0 Å². The number of ether oxygens (including phenoxy) is 1. The summed E-state index contributed by atoms with van der Waals surface area (Å²) in [5.41, 5.74) is 7.85. The summed E-state index contributed by atoms with van der Waals surface area (Å²) in [6.07, 6.45) is 1.05. The van der Waals surface area contributed by atoms with E-state index in [0.717, 1.165) is 23.1 Å². The number of hydrogen-bond acceptors (Lipinski definition) is 2. The molecule has 0 fully saturated rings. The van der Waals surface area contributed by atoms with Gasteiger partial charge in [-0.1, -0.05) is 35.0 Å². The highest BCUT2D eigenvalue weighted by Gasteiger charge is 2.00. The summed E-state index contributed by atoms with van der Waals surface area (Å²) in [6.45, 7) is 4.16. The Balaban J connectivity index is 2.59. The van der Waals surface area contributed by atoms with Crippen LogP contribution in [0.25, 0.3) is 0 Å². The van der Waals surface area contributed by atoms with E-state index < -0.39 is 0 Å². The standard InChI is InChI=1S/C11H16BrNO/c1-2-5-14-8-10-4-3-9(7-13)6-11(10)12/h3-4,6H,2,5,7-8,13H2,1H3. The minimum absolute atomic E-state index is 0.578. The molecule has 0 aliphatic carbocycles. The highest BCUT2D eigenvalue weighted by atomic mass is 79.9. The number of rotatable bonds is 5. The lowest BCUT2D eigenvalue weighted by molar-refractivity contribution is 0.121. The van der Waals surface area contributed by atoms with Crippen molar-refractivity contribution in [1.29, 1.82) is 0 Å². The van der Waals surface area contributed by atoms with Gasteiger partial charge in [-0.05, 0) is 23.6 Å². The van der Waals surface area contributed by atoms with Crippen LogP contribution < -0.4 is 5.73 Å². The van der Waals surface area contributed by atoms with Crippen LogP contribution in [0.15, 0.2) is 22.7 Å². The molecular formula is C11H16BrNO. The largest absolute Gasteiger partial charge is 0.377 e. The molecule has 0 amide bonds. The monoisotopic (exact) mass is 257 g/mol. The van der Waals surface area contributed by atoms with E-state index in [1.54, 1.807) is 0 Å². The zero-order chi connectivity index (χ0) is 10.4. The van der Waals surface area contributed by atoms with Crippen molar-refractivity contribution in [2.75, 3.05) is 6.61 Å². The average Bonchev–Trinajstić information content (AvgIpc) is 2.20. The van der Waals surface area contributed by atoms with Crippen LogP contribution in [0.4, 0.5) is 0 Å². The number of halogens is 1. The molecular weight excluding hydrogens is 242 g/mol. The minimum atomic E-state index is 0.578. The van der Waals surface area contributed by atoms with Gasteiger partial charge < -0.3 is 10.5 Å². The minimum Gasteiger partial charge on any atom is -0.377 e. The fraction of sp³-hybridized carbons (Fsp3) is 0.455. The van der Waals surface area contributed by atoms with Crippen molar-refractivity contribution in [3.8, 4) is 0 Å². The lowest BCUT2D eigenvalue weighted by Gasteiger charge is -2.06. The fourth-order valence-corrected chi connectivity index (χ4v) is 1.70. The summed E-state index contributed by atoms with van der Waals surface area (Å²) in [6, 6.07) is 6.14. The second kappa shape index (κ2) is 6.17. The normalized spacial score (nSPS) is 10.5. The quantitative estimate of drug-likeness (QED) is 0.824. The van der Waals surface area contributed by atoms with Crippen molar-refractivity contribution in [1.82, 2.24) is 0 Å². The molecule has 1 rings (SSSR count). The summed E-state index contributed by atoms with van der Waals surface area (Å²) in [5, 5.41) is 0. The smallest absolute Gasteiger partial charge is 0.0727 e. The van der Waals surface area contributed by atoms with Crippen LogP contribution >= 0.6 is 15.9 Å². The first-order valence-corrected chi connectivity index (χ1v) is 5.62. The fourth-order valence-electron chi connectivity index (χ4n) is 1.16. The Bertz CT molecular complexity index is 289. The predicted octanol–water partition coefficient (Wildman–Crippen LogP) is 2.83. The van der Waals surface area contributed by atoms with Crippen LogP contribution in [0.1, 0.15) is 24.5 Å². The molecule has 0 heterocycles. The van der Waals surface area contributed by atoms with Gasteiger partial charge in [0.15, 0.2) is 0 Å². The summed E-state index contributed by atoms with van der Waals surface area (Å²) in [4.78, 5) is 0. The van der Waals surface area contributed by atoms with Crippen molar-refractivity contribution in [2.45, 2.75) is 26.5 Å². The van der Waals surface area contributed by atoms with E-state index in [-0.39, 0.29) is 0 Å². The Hall–Kier alpha value is -0.380. The third kappa shape index (κ3) is 3.40. The van der Waals surface area contributed by atoms with Crippen molar-refractivity contribution >= 4 is 15.9 Å². The Kier molecular flexibility index (Phi) is 5.15. The van der Waals surface area contributed by atoms with Crippen molar-refractivity contribution < 1.29 is 4.74 Å². The van der Waals surface area contributed by atoms with E-state index in [2.05, 4.69) is 28.9 Å². The molecule has 0 aliphatic rings. The van der Waals surface area contributed by atoms with Gasteiger partial charge in [0.1, 0.15) is 0 Å². The van der Waals surface area contributed by atoms with Crippen LogP contribution in [-0.2, 0) is 17.9 Å². The molecule has 2 N–H and O–H groups in total. The van der Waals surface area contributed by atoms with Gasteiger partial charge >= 0.3 is 0 Å². The molecule has 0 bridgehead atoms. The number of benzene rings is 1. The van der Waals surface area contributed by atoms with Crippen molar-refractivity contribution in [3.63, 3.8) is 0 Å². The summed E-state index contributed by atoms with van der Waals surface area (Å²) in [5.74, 6) is 0. The molecule has 3 heteroatoms. The van der Waals surface area contributed by atoms with Crippen LogP contribution in [0.2, 0.25) is 0 Å². The summed E-state index contributed by atoms with van der Waals surface area (Å²) < 4.78 is 6.54. The first-order valence-electron chi connectivity index (χ1n) is 4.83. The zero-order valence-electron chi connectivity index (χ0n) is 8.42.